The minimum atomic E-state index is -1.17. The molecule has 0 aliphatic carbocycles. The van der Waals surface area contributed by atoms with E-state index in [4.69, 9.17) is 10.8 Å². The number of nitrogens with one attached hydrogen (secondary N) is 1. The Morgan fingerprint density at radius 1 is 1.33 bits per heavy atom. The van der Waals surface area contributed by atoms with Crippen LogP contribution in [0.1, 0.15) is 16.8 Å². The number of aliphatic hydroxyl groups excluding tert-OH is 1. The highest BCUT2D eigenvalue weighted by atomic mass is 16.4. The largest absolute Gasteiger partial charge is 0.480 e. The second-order valence-corrected chi connectivity index (χ2v) is 4.77. The van der Waals surface area contributed by atoms with Crippen LogP contribution >= 0.6 is 0 Å². The molecule has 1 fully saturated rings. The number of carbonyl (C=O) groups is 3. The van der Waals surface area contributed by atoms with Crippen LogP contribution in [0.2, 0.25) is 0 Å². The van der Waals surface area contributed by atoms with E-state index in [1.165, 1.54) is 12.1 Å². The Morgan fingerprint density at radius 2 is 2.05 bits per heavy atom. The lowest BCUT2D eigenvalue weighted by molar-refractivity contribution is -0.141. The monoisotopic (exact) mass is 293 g/mol. The average Bonchev–Trinajstić information content (AvgIpc) is 2.81. The lowest BCUT2D eigenvalue weighted by Gasteiger charge is -2.21. The van der Waals surface area contributed by atoms with E-state index in [2.05, 4.69) is 5.32 Å². The summed E-state index contributed by atoms with van der Waals surface area (Å²) >= 11 is 0. The number of hydrogen-bond acceptors (Lipinski definition) is 4. The maximum atomic E-state index is 12.1. The Kier molecular flexibility index (Phi) is 4.08. The van der Waals surface area contributed by atoms with Gasteiger partial charge in [-0.1, -0.05) is 6.07 Å². The molecule has 0 aromatic heterocycles. The zero-order valence-corrected chi connectivity index (χ0v) is 11.0. The molecular weight excluding hydrogens is 278 g/mol. The molecule has 1 aromatic rings. The molecule has 1 aromatic carbocycles. The molecule has 0 saturated carbocycles. The highest BCUT2D eigenvalue weighted by Gasteiger charge is 2.38. The molecule has 2 rings (SSSR count). The molecule has 8 nitrogen and oxygen atoms in total. The number of urea groups is 1. The summed E-state index contributed by atoms with van der Waals surface area (Å²) in [6, 6.07) is 4.26. The number of likely N-dealkylation sites (tertiary alicyclic amines) is 1. The van der Waals surface area contributed by atoms with E-state index in [-0.39, 0.29) is 18.5 Å². The topological polar surface area (TPSA) is 133 Å². The third-order valence-electron chi connectivity index (χ3n) is 3.22. The number of anilines is 1. The van der Waals surface area contributed by atoms with E-state index in [0.29, 0.717) is 5.69 Å². The Hall–Kier alpha value is -2.61. The summed E-state index contributed by atoms with van der Waals surface area (Å²) in [5.74, 6) is -1.81. The van der Waals surface area contributed by atoms with Crippen molar-refractivity contribution in [2.45, 2.75) is 18.6 Å². The number of carboxylic acid groups (broad SMARTS) is 1. The van der Waals surface area contributed by atoms with Gasteiger partial charge in [0.15, 0.2) is 0 Å². The van der Waals surface area contributed by atoms with Crippen LogP contribution in [0.3, 0.4) is 0 Å². The van der Waals surface area contributed by atoms with E-state index in [0.717, 1.165) is 4.90 Å². The van der Waals surface area contributed by atoms with Gasteiger partial charge in [-0.05, 0) is 18.2 Å². The zero-order valence-electron chi connectivity index (χ0n) is 11.0. The van der Waals surface area contributed by atoms with E-state index in [1.54, 1.807) is 12.1 Å². The van der Waals surface area contributed by atoms with Gasteiger partial charge >= 0.3 is 12.0 Å². The van der Waals surface area contributed by atoms with E-state index in [9.17, 15) is 19.5 Å². The molecule has 1 heterocycles. The molecule has 0 bridgehead atoms. The van der Waals surface area contributed by atoms with Crippen molar-refractivity contribution in [3.8, 4) is 0 Å². The van der Waals surface area contributed by atoms with Crippen molar-refractivity contribution < 1.29 is 24.6 Å². The predicted octanol–water partition coefficient (Wildman–Crippen LogP) is -0.163. The number of primary amides is 1. The van der Waals surface area contributed by atoms with Gasteiger partial charge in [0.2, 0.25) is 5.91 Å². The molecule has 1 saturated heterocycles. The minimum absolute atomic E-state index is 0.00984. The van der Waals surface area contributed by atoms with Crippen LogP contribution in [0.4, 0.5) is 10.5 Å². The Morgan fingerprint density at radius 3 is 2.67 bits per heavy atom. The SMILES string of the molecule is NC(=O)c1cccc(NC(=O)N2CC(O)CC2C(=O)O)c1. The van der Waals surface area contributed by atoms with Crippen LogP contribution in [0.15, 0.2) is 24.3 Å². The van der Waals surface area contributed by atoms with Crippen molar-refractivity contribution in [3.05, 3.63) is 29.8 Å². The number of β-amino-alcohol motifs (C(OH)–C–C–N with tert-alkyl or cyclic N) is 1. The molecule has 8 heteroatoms. The van der Waals surface area contributed by atoms with Crippen LogP contribution in [0.25, 0.3) is 0 Å². The van der Waals surface area contributed by atoms with Crippen molar-refractivity contribution in [1.82, 2.24) is 4.90 Å². The standard InChI is InChI=1S/C13H15N3O5/c14-11(18)7-2-1-3-8(4-7)15-13(21)16-6-9(17)5-10(16)12(19)20/h1-4,9-10,17H,5-6H2,(H2,14,18)(H,15,21)(H,19,20). The van der Waals surface area contributed by atoms with Gasteiger partial charge in [-0.15, -0.1) is 0 Å². The third-order valence-corrected chi connectivity index (χ3v) is 3.22. The Bertz CT molecular complexity index is 589. The highest BCUT2D eigenvalue weighted by molar-refractivity contribution is 5.96. The highest BCUT2D eigenvalue weighted by Crippen LogP contribution is 2.20. The summed E-state index contributed by atoms with van der Waals surface area (Å²) in [5, 5.41) is 21.0. The zero-order chi connectivity index (χ0) is 15.6. The fourth-order valence-corrected chi connectivity index (χ4v) is 2.22. The molecule has 5 N–H and O–H groups in total. The van der Waals surface area contributed by atoms with Crippen molar-refractivity contribution >= 4 is 23.6 Å². The number of rotatable bonds is 3. The van der Waals surface area contributed by atoms with E-state index in [1.807, 2.05) is 0 Å². The lowest BCUT2D eigenvalue weighted by Crippen LogP contribution is -2.43. The number of nitrogens with zero attached hydrogens (tertiary/aromatic N) is 1. The number of aliphatic hydroxyl groups is 1. The summed E-state index contributed by atoms with van der Waals surface area (Å²) < 4.78 is 0. The summed E-state index contributed by atoms with van der Waals surface area (Å²) in [6.07, 6.45) is -0.877. The summed E-state index contributed by atoms with van der Waals surface area (Å²) in [4.78, 5) is 35.3. The number of hydrogen-bond donors (Lipinski definition) is 4. The number of carbonyl (C=O) groups excluding carboxylic acids is 2. The first kappa shape index (κ1) is 14.8. The van der Waals surface area contributed by atoms with Crippen LogP contribution in [0, 0.1) is 0 Å². The molecule has 2 unspecified atom stereocenters. The second-order valence-electron chi connectivity index (χ2n) is 4.77. The lowest BCUT2D eigenvalue weighted by atomic mass is 10.2. The van der Waals surface area contributed by atoms with Gasteiger partial charge in [0.05, 0.1) is 6.10 Å². The molecule has 112 valence electrons. The molecule has 1 aliphatic heterocycles. The van der Waals surface area contributed by atoms with Gasteiger partial charge < -0.3 is 26.2 Å². The maximum Gasteiger partial charge on any atom is 0.326 e. The fraction of sp³-hybridized carbons (Fsp3) is 0.308. The predicted molar refractivity (Wildman–Crippen MR) is 72.7 cm³/mol. The van der Waals surface area contributed by atoms with Crippen LogP contribution < -0.4 is 11.1 Å². The van der Waals surface area contributed by atoms with Crippen molar-refractivity contribution in [1.29, 1.82) is 0 Å². The smallest absolute Gasteiger partial charge is 0.326 e. The molecule has 2 atom stereocenters. The van der Waals surface area contributed by atoms with Gasteiger partial charge in [-0.2, -0.15) is 0 Å². The quantitative estimate of drug-likeness (QED) is 0.614. The molecule has 1 aliphatic rings. The molecule has 21 heavy (non-hydrogen) atoms. The normalized spacial score (nSPS) is 21.1. The maximum absolute atomic E-state index is 12.1. The van der Waals surface area contributed by atoms with E-state index >= 15 is 0 Å². The van der Waals surface area contributed by atoms with Gasteiger partial charge in [-0.25, -0.2) is 9.59 Å². The molecule has 3 amide bonds. The number of amides is 3. The first-order valence-corrected chi connectivity index (χ1v) is 6.27. The number of nitrogens with two attached hydrogens (primary N) is 1. The molecule has 0 radical (unpaired) electrons. The number of carboxylic acids is 1. The van der Waals surface area contributed by atoms with Gasteiger partial charge in [0.1, 0.15) is 6.04 Å². The molecule has 0 spiro atoms. The Balaban J connectivity index is 2.12. The van der Waals surface area contributed by atoms with Crippen molar-refractivity contribution in [3.63, 3.8) is 0 Å². The Labute approximate surface area is 120 Å². The summed E-state index contributed by atoms with van der Waals surface area (Å²) in [5.41, 5.74) is 5.69. The van der Waals surface area contributed by atoms with E-state index < -0.39 is 30.1 Å². The molecular formula is C13H15N3O5. The summed E-state index contributed by atoms with van der Waals surface area (Å²) in [6.45, 7) is -0.0572. The summed E-state index contributed by atoms with van der Waals surface area (Å²) in [7, 11) is 0. The van der Waals surface area contributed by atoms with Gasteiger partial charge in [0.25, 0.3) is 0 Å². The van der Waals surface area contributed by atoms with Crippen LogP contribution in [-0.2, 0) is 4.79 Å². The first-order chi connectivity index (χ1) is 9.88. The van der Waals surface area contributed by atoms with Crippen LogP contribution in [0.5, 0.6) is 0 Å². The number of benzene rings is 1. The van der Waals surface area contributed by atoms with Crippen molar-refractivity contribution in [2.75, 3.05) is 11.9 Å². The minimum Gasteiger partial charge on any atom is -0.480 e. The van der Waals surface area contributed by atoms with Crippen molar-refractivity contribution in [2.24, 2.45) is 5.73 Å². The van der Waals surface area contributed by atoms with Gasteiger partial charge in [-0.3, -0.25) is 4.79 Å². The fourth-order valence-electron chi connectivity index (χ4n) is 2.22. The number of aliphatic carboxylic acids is 1. The second kappa shape index (κ2) is 5.80. The first-order valence-electron chi connectivity index (χ1n) is 6.27. The van der Waals surface area contributed by atoms with Gasteiger partial charge in [0, 0.05) is 24.2 Å². The average molecular weight is 293 g/mol. The van der Waals surface area contributed by atoms with Crippen LogP contribution in [-0.4, -0.2) is 51.7 Å². The third kappa shape index (κ3) is 3.29.